The van der Waals surface area contributed by atoms with Gasteiger partial charge in [0.05, 0.1) is 5.75 Å². The molecule has 2 rings (SSSR count). The summed E-state index contributed by atoms with van der Waals surface area (Å²) < 4.78 is 31.5. The summed E-state index contributed by atoms with van der Waals surface area (Å²) >= 11 is 0. The summed E-state index contributed by atoms with van der Waals surface area (Å²) in [5, 5.41) is 0. The van der Waals surface area contributed by atoms with E-state index in [1.807, 2.05) is 32.0 Å². The first-order chi connectivity index (χ1) is 11.3. The normalized spacial score (nSPS) is 16.2. The van der Waals surface area contributed by atoms with E-state index in [1.54, 1.807) is 11.8 Å². The van der Waals surface area contributed by atoms with Crippen molar-refractivity contribution in [1.29, 1.82) is 0 Å². The monoisotopic (exact) mass is 354 g/mol. The predicted molar refractivity (Wildman–Crippen MR) is 93.6 cm³/mol. The number of rotatable bonds is 6. The highest BCUT2D eigenvalue weighted by molar-refractivity contribution is 7.89. The van der Waals surface area contributed by atoms with E-state index in [-0.39, 0.29) is 24.3 Å². The molecular weight excluding hydrogens is 328 g/mol. The molecule has 1 saturated heterocycles. The van der Waals surface area contributed by atoms with Gasteiger partial charge in [-0.05, 0) is 45.2 Å². The van der Waals surface area contributed by atoms with Gasteiger partial charge in [0, 0.05) is 19.1 Å². The Morgan fingerprint density at radius 1 is 1.29 bits per heavy atom. The van der Waals surface area contributed by atoms with Gasteiger partial charge in [-0.1, -0.05) is 17.7 Å². The second-order valence-corrected chi connectivity index (χ2v) is 8.28. The predicted octanol–water partition coefficient (Wildman–Crippen LogP) is 1.61. The molecule has 6 nitrogen and oxygen atoms in total. The maximum absolute atomic E-state index is 12.3. The highest BCUT2D eigenvalue weighted by Gasteiger charge is 2.25. The fourth-order valence-corrected chi connectivity index (χ4v) is 3.69. The van der Waals surface area contributed by atoms with Crippen LogP contribution in [-0.4, -0.2) is 50.7 Å². The molecule has 1 aromatic carbocycles. The van der Waals surface area contributed by atoms with Gasteiger partial charge in [-0.3, -0.25) is 4.79 Å². The number of sulfonamides is 1. The molecule has 0 atom stereocenters. The Morgan fingerprint density at radius 2 is 1.96 bits per heavy atom. The minimum atomic E-state index is -3.19. The summed E-state index contributed by atoms with van der Waals surface area (Å²) in [5.74, 6) is 0.738. The van der Waals surface area contributed by atoms with Crippen LogP contribution in [-0.2, 0) is 14.8 Å². The summed E-state index contributed by atoms with van der Waals surface area (Å²) in [6.07, 6.45) is 1.27. The largest absolute Gasteiger partial charge is 0.484 e. The molecule has 1 N–H and O–H groups in total. The molecule has 0 spiro atoms. The summed E-state index contributed by atoms with van der Waals surface area (Å²) in [4.78, 5) is 14.0. The van der Waals surface area contributed by atoms with Crippen LogP contribution in [0.3, 0.4) is 0 Å². The lowest BCUT2D eigenvalue weighted by Gasteiger charge is -2.32. The first-order valence-electron chi connectivity index (χ1n) is 8.28. The van der Waals surface area contributed by atoms with Crippen LogP contribution >= 0.6 is 0 Å². The zero-order chi connectivity index (χ0) is 17.7. The van der Waals surface area contributed by atoms with Crippen molar-refractivity contribution >= 4 is 15.9 Å². The van der Waals surface area contributed by atoms with Crippen LogP contribution in [0.4, 0.5) is 0 Å². The van der Waals surface area contributed by atoms with Crippen LogP contribution in [0.2, 0.25) is 0 Å². The lowest BCUT2D eigenvalue weighted by molar-refractivity contribution is -0.134. The minimum Gasteiger partial charge on any atom is -0.484 e. The zero-order valence-corrected chi connectivity index (χ0v) is 15.4. The van der Waals surface area contributed by atoms with Gasteiger partial charge in [0.15, 0.2) is 6.61 Å². The molecule has 1 aliphatic rings. The van der Waals surface area contributed by atoms with Gasteiger partial charge in [-0.25, -0.2) is 13.1 Å². The molecule has 1 fully saturated rings. The molecule has 0 saturated carbocycles. The number of nitrogens with zero attached hydrogens (tertiary/aromatic N) is 1. The Kier molecular flexibility index (Phi) is 6.23. The Labute approximate surface area is 144 Å². The van der Waals surface area contributed by atoms with Gasteiger partial charge in [0.25, 0.3) is 5.91 Å². The number of hydrogen-bond donors (Lipinski definition) is 1. The van der Waals surface area contributed by atoms with Crippen molar-refractivity contribution in [3.8, 4) is 5.75 Å². The van der Waals surface area contributed by atoms with E-state index in [9.17, 15) is 13.2 Å². The number of benzene rings is 1. The first kappa shape index (κ1) is 18.7. The van der Waals surface area contributed by atoms with E-state index in [0.29, 0.717) is 25.9 Å². The molecule has 1 amide bonds. The lowest BCUT2D eigenvalue weighted by Crippen LogP contribution is -2.47. The molecule has 24 heavy (non-hydrogen) atoms. The molecular formula is C17H26N2O4S. The van der Waals surface area contributed by atoms with Crippen LogP contribution in [0.25, 0.3) is 0 Å². The summed E-state index contributed by atoms with van der Waals surface area (Å²) in [6, 6.07) is 5.77. The molecule has 1 heterocycles. The topological polar surface area (TPSA) is 75.7 Å². The maximum atomic E-state index is 12.3. The number of carbonyl (C=O) groups excluding carboxylic acids is 1. The van der Waals surface area contributed by atoms with E-state index < -0.39 is 10.0 Å². The Morgan fingerprint density at radius 3 is 2.54 bits per heavy atom. The number of amides is 1. The Hall–Kier alpha value is -1.60. The molecule has 1 aliphatic heterocycles. The number of nitrogens with one attached hydrogen (secondary N) is 1. The van der Waals surface area contributed by atoms with E-state index in [2.05, 4.69) is 4.72 Å². The van der Waals surface area contributed by atoms with Gasteiger partial charge in [-0.15, -0.1) is 0 Å². The van der Waals surface area contributed by atoms with Crippen molar-refractivity contribution in [2.45, 2.75) is 39.7 Å². The van der Waals surface area contributed by atoms with Crippen molar-refractivity contribution < 1.29 is 17.9 Å². The standard InChI is InChI=1S/C17H26N2O4S/c1-4-24(21,22)18-15-7-9-19(10-8-15)17(20)12-23-16-6-5-13(2)11-14(16)3/h5-6,11,15,18H,4,7-10,12H2,1-3H3. The Balaban J connectivity index is 1.80. The van der Waals surface area contributed by atoms with Gasteiger partial charge in [0.1, 0.15) is 5.75 Å². The molecule has 7 heteroatoms. The van der Waals surface area contributed by atoms with Crippen molar-refractivity contribution in [2.75, 3.05) is 25.4 Å². The van der Waals surface area contributed by atoms with Crippen molar-refractivity contribution in [1.82, 2.24) is 9.62 Å². The molecule has 1 aromatic rings. The number of hydrogen-bond acceptors (Lipinski definition) is 4. The number of piperidine rings is 1. The van der Waals surface area contributed by atoms with Crippen LogP contribution < -0.4 is 9.46 Å². The van der Waals surface area contributed by atoms with Crippen LogP contribution in [0, 0.1) is 13.8 Å². The molecule has 0 aliphatic carbocycles. The summed E-state index contributed by atoms with van der Waals surface area (Å²) in [6.45, 7) is 6.69. The van der Waals surface area contributed by atoms with Crippen molar-refractivity contribution in [3.63, 3.8) is 0 Å². The fourth-order valence-electron chi connectivity index (χ4n) is 2.78. The highest BCUT2D eigenvalue weighted by atomic mass is 32.2. The molecule has 0 radical (unpaired) electrons. The highest BCUT2D eigenvalue weighted by Crippen LogP contribution is 2.19. The minimum absolute atomic E-state index is 0.00918. The van der Waals surface area contributed by atoms with Crippen LogP contribution in [0.15, 0.2) is 18.2 Å². The molecule has 0 bridgehead atoms. The number of aryl methyl sites for hydroxylation is 2. The average Bonchev–Trinajstić information content (AvgIpc) is 2.54. The first-order valence-corrected chi connectivity index (χ1v) is 9.94. The third-order valence-corrected chi connectivity index (χ3v) is 5.71. The van der Waals surface area contributed by atoms with E-state index >= 15 is 0 Å². The smallest absolute Gasteiger partial charge is 0.260 e. The van der Waals surface area contributed by atoms with Crippen LogP contribution in [0.1, 0.15) is 30.9 Å². The SMILES string of the molecule is CCS(=O)(=O)NC1CCN(C(=O)COc2ccc(C)cc2C)CC1. The Bertz CT molecular complexity index is 680. The lowest BCUT2D eigenvalue weighted by atomic mass is 10.1. The number of carbonyl (C=O) groups is 1. The zero-order valence-electron chi connectivity index (χ0n) is 14.5. The van der Waals surface area contributed by atoms with Gasteiger partial charge >= 0.3 is 0 Å². The molecule has 0 aromatic heterocycles. The third kappa shape index (κ3) is 5.21. The van der Waals surface area contributed by atoms with Crippen molar-refractivity contribution in [2.24, 2.45) is 0 Å². The molecule has 134 valence electrons. The fraction of sp³-hybridized carbons (Fsp3) is 0.588. The third-order valence-electron chi connectivity index (χ3n) is 4.26. The second kappa shape index (κ2) is 7.98. The van der Waals surface area contributed by atoms with Crippen LogP contribution in [0.5, 0.6) is 5.75 Å². The van der Waals surface area contributed by atoms with Gasteiger partial charge in [-0.2, -0.15) is 0 Å². The quantitative estimate of drug-likeness (QED) is 0.842. The van der Waals surface area contributed by atoms with E-state index in [4.69, 9.17) is 4.74 Å². The van der Waals surface area contributed by atoms with Gasteiger partial charge < -0.3 is 9.64 Å². The summed E-state index contributed by atoms with van der Waals surface area (Å²) in [7, 11) is -3.19. The second-order valence-electron chi connectivity index (χ2n) is 6.23. The van der Waals surface area contributed by atoms with E-state index in [1.165, 1.54) is 0 Å². The van der Waals surface area contributed by atoms with Gasteiger partial charge in [0.2, 0.25) is 10.0 Å². The summed E-state index contributed by atoms with van der Waals surface area (Å²) in [5.41, 5.74) is 2.17. The van der Waals surface area contributed by atoms with Crippen molar-refractivity contribution in [3.05, 3.63) is 29.3 Å². The van der Waals surface area contributed by atoms with E-state index in [0.717, 1.165) is 16.9 Å². The number of likely N-dealkylation sites (tertiary alicyclic amines) is 1. The average molecular weight is 354 g/mol. The molecule has 0 unspecified atom stereocenters. The number of ether oxygens (including phenoxy) is 1. The maximum Gasteiger partial charge on any atom is 0.260 e.